The Morgan fingerprint density at radius 3 is 1.37 bits per heavy atom. The van der Waals surface area contributed by atoms with Gasteiger partial charge in [-0.05, 0) is 38.5 Å². The zero-order chi connectivity index (χ0) is 40.0. The molecule has 0 saturated carbocycles. The van der Waals surface area contributed by atoms with Gasteiger partial charge in [0.15, 0.2) is 6.10 Å². The highest BCUT2D eigenvalue weighted by Crippen LogP contribution is 2.43. The van der Waals surface area contributed by atoms with Crippen LogP contribution in [0.3, 0.4) is 0 Å². The lowest BCUT2D eigenvalue weighted by molar-refractivity contribution is -0.440. The van der Waals surface area contributed by atoms with E-state index >= 15 is 0 Å². The molecule has 54 heavy (non-hydrogen) atoms. The number of carboxylic acids is 1. The molecule has 12 heteroatoms. The van der Waals surface area contributed by atoms with Crippen molar-refractivity contribution >= 4 is 25.7 Å². The number of phosphoric ester groups is 1. The van der Waals surface area contributed by atoms with E-state index in [0.29, 0.717) is 12.8 Å². The summed E-state index contributed by atoms with van der Waals surface area (Å²) in [6, 6.07) is -1.38. The quantitative estimate of drug-likeness (QED) is 0.0263. The lowest BCUT2D eigenvalue weighted by Crippen LogP contribution is -2.70. The van der Waals surface area contributed by atoms with E-state index in [2.05, 4.69) is 36.3 Å². The molecule has 0 aromatic carbocycles. The first-order valence-electron chi connectivity index (χ1n) is 21.8. The van der Waals surface area contributed by atoms with E-state index in [1.54, 1.807) is 0 Å². The van der Waals surface area contributed by atoms with Crippen molar-refractivity contribution in [1.82, 2.24) is 0 Å². The highest BCUT2D eigenvalue weighted by atomic mass is 31.2. The molecule has 0 aliphatic rings. The summed E-state index contributed by atoms with van der Waals surface area (Å²) in [5.41, 5.74) is 3.27. The molecule has 0 spiro atoms. The average Bonchev–Trinajstić information content (AvgIpc) is 3.14. The first kappa shape index (κ1) is 52.2. The van der Waals surface area contributed by atoms with Crippen LogP contribution in [0.25, 0.3) is 0 Å². The molecule has 0 saturated heterocycles. The molecule has 0 radical (unpaired) electrons. The number of unbranched alkanes of at least 4 members (excludes halogenated alkanes) is 25. The molecule has 318 valence electrons. The van der Waals surface area contributed by atoms with E-state index in [0.717, 1.165) is 57.8 Å². The Labute approximate surface area is 328 Å². The summed E-state index contributed by atoms with van der Waals surface area (Å²) in [5, 5.41) is 10.9. The first-order chi connectivity index (χ1) is 26.1. The number of aliphatic carboxylic acids is 1. The van der Waals surface area contributed by atoms with Gasteiger partial charge in [-0.15, -0.1) is 0 Å². The van der Waals surface area contributed by atoms with Gasteiger partial charge in [-0.2, -0.15) is 0 Å². The average molecular weight is 790 g/mol. The molecule has 0 amide bonds. The van der Waals surface area contributed by atoms with Crippen LogP contribution >= 0.6 is 7.82 Å². The number of rotatable bonds is 41. The van der Waals surface area contributed by atoms with Crippen molar-refractivity contribution in [1.29, 1.82) is 0 Å². The number of hydrogen-bond donors (Lipinski definition) is 2. The Balaban J connectivity index is 4.35. The van der Waals surface area contributed by atoms with Crippen LogP contribution in [0, 0.1) is 0 Å². The summed E-state index contributed by atoms with van der Waals surface area (Å²) in [6.07, 6.45) is 37.0. The number of ether oxygens (including phenoxy) is 2. The van der Waals surface area contributed by atoms with Gasteiger partial charge in [0.2, 0.25) is 0 Å². The lowest BCUT2D eigenvalue weighted by atomic mass is 10.0. The SMILES string of the molecule is CCCCCCCC/C=C\CCCCCCCC(=O)O[C@H](COC(=O)CCCCCCCCCCCCCCCCC)COP(=O)(O)OC[C@H]([NH3+])C(=O)[O-]. The van der Waals surface area contributed by atoms with E-state index in [1.807, 2.05) is 0 Å². The van der Waals surface area contributed by atoms with Gasteiger partial charge in [-0.25, -0.2) is 4.57 Å². The van der Waals surface area contributed by atoms with Crippen molar-refractivity contribution in [2.75, 3.05) is 19.8 Å². The summed E-state index contributed by atoms with van der Waals surface area (Å²) in [4.78, 5) is 45.9. The third-order valence-corrected chi connectivity index (χ3v) is 10.5. The van der Waals surface area contributed by atoms with Crippen LogP contribution in [0.15, 0.2) is 12.2 Å². The third-order valence-electron chi connectivity index (χ3n) is 9.55. The molecular formula is C42H80NO10P. The van der Waals surface area contributed by atoms with Gasteiger partial charge < -0.3 is 30.0 Å². The lowest BCUT2D eigenvalue weighted by Gasteiger charge is -2.20. The Morgan fingerprint density at radius 1 is 0.574 bits per heavy atom. The van der Waals surface area contributed by atoms with Crippen molar-refractivity contribution in [3.05, 3.63) is 12.2 Å². The fourth-order valence-electron chi connectivity index (χ4n) is 6.07. The fraction of sp³-hybridized carbons (Fsp3) is 0.881. The predicted octanol–water partition coefficient (Wildman–Crippen LogP) is 9.23. The Kier molecular flexibility index (Phi) is 36.9. The number of quaternary nitrogens is 1. The van der Waals surface area contributed by atoms with Gasteiger partial charge >= 0.3 is 19.8 Å². The van der Waals surface area contributed by atoms with E-state index in [-0.39, 0.29) is 19.4 Å². The van der Waals surface area contributed by atoms with Crippen molar-refractivity contribution in [2.24, 2.45) is 0 Å². The summed E-state index contributed by atoms with van der Waals surface area (Å²) >= 11 is 0. The van der Waals surface area contributed by atoms with E-state index < -0.39 is 51.1 Å². The molecule has 0 bridgehead atoms. The van der Waals surface area contributed by atoms with E-state index in [9.17, 15) is 28.9 Å². The van der Waals surface area contributed by atoms with E-state index in [4.69, 9.17) is 14.0 Å². The maximum absolute atomic E-state index is 12.6. The molecule has 0 aromatic rings. The van der Waals surface area contributed by atoms with Gasteiger partial charge in [0.25, 0.3) is 0 Å². The standard InChI is InChI=1S/C42H80NO10P/c1-3-5-7-9-11-13-15-17-19-21-23-25-27-29-31-33-40(44)50-35-38(36-51-54(48,49)52-37-39(43)42(46)47)53-41(45)34-32-30-28-26-24-22-20-18-16-14-12-10-8-6-4-2/h18,20,38-39H,3-17,19,21-37,43H2,1-2H3,(H,46,47)(H,48,49)/b20-18-/t38-,39+/m1/s1. The van der Waals surface area contributed by atoms with Gasteiger partial charge in [-0.1, -0.05) is 167 Å². The maximum atomic E-state index is 12.6. The molecule has 1 unspecified atom stereocenters. The molecule has 0 heterocycles. The molecule has 0 fully saturated rings. The second-order valence-corrected chi connectivity index (χ2v) is 16.4. The summed E-state index contributed by atoms with van der Waals surface area (Å²) < 4.78 is 32.7. The fourth-order valence-corrected chi connectivity index (χ4v) is 6.86. The highest BCUT2D eigenvalue weighted by Gasteiger charge is 2.27. The number of allylic oxidation sites excluding steroid dienone is 2. The minimum atomic E-state index is -4.70. The second kappa shape index (κ2) is 38.1. The van der Waals surface area contributed by atoms with Crippen LogP contribution < -0.4 is 10.8 Å². The molecule has 0 aliphatic carbocycles. The zero-order valence-corrected chi connectivity index (χ0v) is 35.3. The highest BCUT2D eigenvalue weighted by molar-refractivity contribution is 7.47. The van der Waals surface area contributed by atoms with Crippen LogP contribution in [-0.2, 0) is 37.5 Å². The van der Waals surface area contributed by atoms with E-state index in [1.165, 1.54) is 109 Å². The smallest absolute Gasteiger partial charge is 0.472 e. The van der Waals surface area contributed by atoms with Crippen LogP contribution in [0.1, 0.15) is 206 Å². The second-order valence-electron chi connectivity index (χ2n) is 14.9. The predicted molar refractivity (Wildman–Crippen MR) is 213 cm³/mol. The Bertz CT molecular complexity index is 979. The summed E-state index contributed by atoms with van der Waals surface area (Å²) in [7, 11) is -4.70. The zero-order valence-electron chi connectivity index (χ0n) is 34.4. The number of carbonyl (C=O) groups excluding carboxylic acids is 3. The van der Waals surface area contributed by atoms with Crippen LogP contribution in [0.4, 0.5) is 0 Å². The molecular weight excluding hydrogens is 709 g/mol. The molecule has 0 rings (SSSR count). The van der Waals surface area contributed by atoms with Crippen molar-refractivity contribution in [3.8, 4) is 0 Å². The number of carbonyl (C=O) groups is 3. The van der Waals surface area contributed by atoms with Gasteiger partial charge in [0.1, 0.15) is 25.2 Å². The number of carboxylic acid groups (broad SMARTS) is 1. The Hall–Kier alpha value is -1.78. The Morgan fingerprint density at radius 2 is 0.944 bits per heavy atom. The normalized spacial score (nSPS) is 13.9. The molecule has 0 aliphatic heterocycles. The minimum Gasteiger partial charge on any atom is -0.544 e. The van der Waals surface area contributed by atoms with Crippen LogP contribution in [0.5, 0.6) is 0 Å². The minimum absolute atomic E-state index is 0.157. The van der Waals surface area contributed by atoms with Crippen molar-refractivity contribution in [3.63, 3.8) is 0 Å². The van der Waals surface area contributed by atoms with Gasteiger partial charge in [-0.3, -0.25) is 18.6 Å². The number of hydrogen-bond acceptors (Lipinski definition) is 9. The monoisotopic (exact) mass is 790 g/mol. The van der Waals surface area contributed by atoms with Crippen LogP contribution in [0.2, 0.25) is 0 Å². The third kappa shape index (κ3) is 37.2. The maximum Gasteiger partial charge on any atom is 0.472 e. The molecule has 4 N–H and O–H groups in total. The largest absolute Gasteiger partial charge is 0.544 e. The molecule has 11 nitrogen and oxygen atoms in total. The summed E-state index contributed by atoms with van der Waals surface area (Å²) in [6.45, 7) is 2.86. The first-order valence-corrected chi connectivity index (χ1v) is 23.3. The molecule has 3 atom stereocenters. The van der Waals surface area contributed by atoms with Crippen LogP contribution in [-0.4, -0.2) is 54.8 Å². The van der Waals surface area contributed by atoms with Gasteiger partial charge in [0.05, 0.1) is 6.61 Å². The van der Waals surface area contributed by atoms with Gasteiger partial charge in [0, 0.05) is 12.8 Å². The number of phosphoric acid groups is 1. The van der Waals surface area contributed by atoms with Crippen molar-refractivity contribution in [2.45, 2.75) is 219 Å². The topological polar surface area (TPSA) is 176 Å². The molecule has 0 aromatic heterocycles. The number of esters is 2. The summed E-state index contributed by atoms with van der Waals surface area (Å²) in [5.74, 6) is -2.51. The van der Waals surface area contributed by atoms with Crippen molar-refractivity contribution < 1.29 is 53.2 Å².